The van der Waals surface area contributed by atoms with Crippen molar-refractivity contribution in [1.82, 2.24) is 0 Å². The molecule has 2 aliphatic rings. The van der Waals surface area contributed by atoms with Crippen molar-refractivity contribution in [2.75, 3.05) is 13.2 Å². The molecule has 0 aromatic heterocycles. The van der Waals surface area contributed by atoms with E-state index in [1.54, 1.807) is 0 Å². The fourth-order valence-corrected chi connectivity index (χ4v) is 3.32. The van der Waals surface area contributed by atoms with E-state index in [1.165, 1.54) is 0 Å². The molecule has 2 saturated heterocycles. The van der Waals surface area contributed by atoms with Gasteiger partial charge in [0.15, 0.2) is 12.6 Å². The van der Waals surface area contributed by atoms with Crippen LogP contribution in [-0.4, -0.2) is 123 Å². The van der Waals surface area contributed by atoms with Crippen LogP contribution in [0.1, 0.15) is 0 Å². The number of aliphatic hydroxyl groups excluding tert-OH is 7. The predicted molar refractivity (Wildman–Crippen MR) is 79.0 cm³/mol. The van der Waals surface area contributed by atoms with E-state index in [0.717, 1.165) is 0 Å². The molecule has 0 bridgehead atoms. The fourth-order valence-electron chi connectivity index (χ4n) is 2.81. The average Bonchev–Trinajstić information content (AvgIpc) is 2.59. The van der Waals surface area contributed by atoms with Gasteiger partial charge in [0.2, 0.25) is 0 Å². The second-order valence-corrected chi connectivity index (χ2v) is 7.07. The maximum Gasteiger partial charge on any atom is 0.397 e. The molecule has 0 aliphatic carbocycles. The first-order valence-corrected chi connectivity index (χ1v) is 9.10. The fraction of sp³-hybridized carbons (Fsp3) is 1.00. The van der Waals surface area contributed by atoms with Crippen LogP contribution in [0.15, 0.2) is 0 Å². The summed E-state index contributed by atoms with van der Waals surface area (Å²) in [7, 11) is -5.12. The standard InChI is InChI=1S/C12H22O14S/c13-1-3-5(15)10(26-27(20,21)22)8(18)12(24-3)25-9-4(2-14)23-11(19)7(17)6(9)16/h3-19H,1-2H2,(H,20,21,22)/t3-,4-,5+,6-,7-,8-,9-,10+,11-,12+/m1/s1. The van der Waals surface area contributed by atoms with Gasteiger partial charge in [-0.25, -0.2) is 4.18 Å². The summed E-state index contributed by atoms with van der Waals surface area (Å²) in [6, 6.07) is 0. The maximum absolute atomic E-state index is 10.9. The summed E-state index contributed by atoms with van der Waals surface area (Å²) in [5.41, 5.74) is 0. The second kappa shape index (κ2) is 8.87. The van der Waals surface area contributed by atoms with E-state index in [4.69, 9.17) is 18.8 Å². The average molecular weight is 422 g/mol. The van der Waals surface area contributed by atoms with Crippen LogP contribution < -0.4 is 0 Å². The van der Waals surface area contributed by atoms with E-state index in [-0.39, 0.29) is 0 Å². The van der Waals surface area contributed by atoms with Gasteiger partial charge < -0.3 is 50.0 Å². The molecule has 2 aliphatic heterocycles. The first kappa shape index (κ1) is 22.8. The summed E-state index contributed by atoms with van der Waals surface area (Å²) in [5, 5.41) is 67.8. The zero-order chi connectivity index (χ0) is 20.5. The Kier molecular flexibility index (Phi) is 7.47. The van der Waals surface area contributed by atoms with Crippen LogP contribution in [0.2, 0.25) is 0 Å². The van der Waals surface area contributed by atoms with Crippen molar-refractivity contribution in [3.05, 3.63) is 0 Å². The first-order valence-electron chi connectivity index (χ1n) is 7.74. The molecule has 8 N–H and O–H groups in total. The Morgan fingerprint density at radius 1 is 0.778 bits per heavy atom. The van der Waals surface area contributed by atoms with E-state index in [9.17, 15) is 44.2 Å². The van der Waals surface area contributed by atoms with Crippen molar-refractivity contribution >= 4 is 10.4 Å². The maximum atomic E-state index is 10.9. The summed E-state index contributed by atoms with van der Waals surface area (Å²) in [6.07, 6.45) is -17.8. The molecular weight excluding hydrogens is 400 g/mol. The van der Waals surface area contributed by atoms with Gasteiger partial charge in [0.05, 0.1) is 13.2 Å². The number of rotatable bonds is 6. The van der Waals surface area contributed by atoms with Crippen LogP contribution in [0.25, 0.3) is 0 Å². The highest BCUT2D eigenvalue weighted by atomic mass is 32.3. The van der Waals surface area contributed by atoms with Gasteiger partial charge in [0.1, 0.15) is 48.8 Å². The highest BCUT2D eigenvalue weighted by Crippen LogP contribution is 2.30. The van der Waals surface area contributed by atoms with Crippen molar-refractivity contribution in [2.24, 2.45) is 0 Å². The molecule has 0 aromatic carbocycles. The molecule has 15 heteroatoms. The smallest absolute Gasteiger partial charge is 0.394 e. The van der Waals surface area contributed by atoms with Gasteiger partial charge in [-0.3, -0.25) is 4.55 Å². The Labute approximate surface area is 153 Å². The second-order valence-electron chi connectivity index (χ2n) is 6.02. The molecule has 0 radical (unpaired) electrons. The van der Waals surface area contributed by atoms with Crippen molar-refractivity contribution in [3.8, 4) is 0 Å². The quantitative estimate of drug-likeness (QED) is 0.186. The monoisotopic (exact) mass is 422 g/mol. The van der Waals surface area contributed by atoms with Gasteiger partial charge in [0.25, 0.3) is 0 Å². The number of ether oxygens (including phenoxy) is 3. The molecule has 2 heterocycles. The third-order valence-corrected chi connectivity index (χ3v) is 4.65. The Balaban J connectivity index is 2.22. The van der Waals surface area contributed by atoms with Crippen molar-refractivity contribution in [1.29, 1.82) is 0 Å². The van der Waals surface area contributed by atoms with E-state index >= 15 is 0 Å². The van der Waals surface area contributed by atoms with Crippen LogP contribution in [0.4, 0.5) is 0 Å². The molecule has 0 spiro atoms. The highest BCUT2D eigenvalue weighted by Gasteiger charge is 2.51. The molecule has 0 amide bonds. The summed E-state index contributed by atoms with van der Waals surface area (Å²) in [4.78, 5) is 0. The zero-order valence-electron chi connectivity index (χ0n) is 13.6. The van der Waals surface area contributed by atoms with Crippen LogP contribution in [0.5, 0.6) is 0 Å². The molecule has 27 heavy (non-hydrogen) atoms. The number of aliphatic hydroxyl groups is 7. The minimum absolute atomic E-state index is 0.786. The summed E-state index contributed by atoms with van der Waals surface area (Å²) in [6.45, 7) is -1.65. The highest BCUT2D eigenvalue weighted by molar-refractivity contribution is 7.80. The van der Waals surface area contributed by atoms with Gasteiger partial charge in [-0.15, -0.1) is 0 Å². The Hall–Kier alpha value is -0.530. The van der Waals surface area contributed by atoms with Gasteiger partial charge >= 0.3 is 10.4 Å². The van der Waals surface area contributed by atoms with E-state index in [2.05, 4.69) is 4.18 Å². The van der Waals surface area contributed by atoms with Crippen LogP contribution in [0.3, 0.4) is 0 Å². The first-order chi connectivity index (χ1) is 12.5. The molecule has 14 nitrogen and oxygen atoms in total. The zero-order valence-corrected chi connectivity index (χ0v) is 14.4. The summed E-state index contributed by atoms with van der Waals surface area (Å²) in [5.74, 6) is 0. The molecule has 10 atom stereocenters. The van der Waals surface area contributed by atoms with Crippen molar-refractivity contribution in [2.45, 2.75) is 61.4 Å². The van der Waals surface area contributed by atoms with Crippen LogP contribution in [-0.2, 0) is 28.8 Å². The number of hydrogen-bond acceptors (Lipinski definition) is 13. The van der Waals surface area contributed by atoms with Crippen LogP contribution >= 0.6 is 0 Å². The lowest BCUT2D eigenvalue weighted by Gasteiger charge is -2.45. The van der Waals surface area contributed by atoms with Crippen molar-refractivity contribution < 1.29 is 67.1 Å². The Morgan fingerprint density at radius 3 is 1.89 bits per heavy atom. The SMILES string of the molecule is O=S(=O)(O)O[C@H]1[C@@H](O)[C@@H](CO)O[C@@H](O[C@H]2[C@H](O)[C@@H](O)[C@H](O)O[C@@H]2CO)[C@@H]1O. The van der Waals surface area contributed by atoms with Gasteiger partial charge in [-0.05, 0) is 0 Å². The minimum atomic E-state index is -5.12. The Bertz CT molecular complexity index is 583. The molecule has 0 saturated carbocycles. The normalized spacial score (nSPS) is 46.4. The molecule has 2 fully saturated rings. The van der Waals surface area contributed by atoms with Crippen molar-refractivity contribution in [3.63, 3.8) is 0 Å². The van der Waals surface area contributed by atoms with E-state index < -0.39 is 85.0 Å². The summed E-state index contributed by atoms with van der Waals surface area (Å²) < 4.78 is 50.0. The Morgan fingerprint density at radius 2 is 1.37 bits per heavy atom. The third kappa shape index (κ3) is 5.10. The lowest BCUT2D eigenvalue weighted by Crippen LogP contribution is -2.65. The molecule has 2 rings (SSSR count). The van der Waals surface area contributed by atoms with Gasteiger partial charge in [-0.2, -0.15) is 8.42 Å². The number of hydrogen-bond donors (Lipinski definition) is 8. The molecule has 160 valence electrons. The summed E-state index contributed by atoms with van der Waals surface area (Å²) >= 11 is 0. The topological polar surface area (TPSA) is 233 Å². The predicted octanol–water partition coefficient (Wildman–Crippen LogP) is -5.57. The third-order valence-electron chi connectivity index (χ3n) is 4.19. The largest absolute Gasteiger partial charge is 0.397 e. The van der Waals surface area contributed by atoms with Gasteiger partial charge in [0, 0.05) is 0 Å². The minimum Gasteiger partial charge on any atom is -0.394 e. The van der Waals surface area contributed by atoms with E-state index in [0.29, 0.717) is 0 Å². The van der Waals surface area contributed by atoms with Gasteiger partial charge in [-0.1, -0.05) is 0 Å². The molecule has 0 aromatic rings. The van der Waals surface area contributed by atoms with E-state index in [1.807, 2.05) is 0 Å². The lowest BCUT2D eigenvalue weighted by molar-refractivity contribution is -0.353. The van der Waals surface area contributed by atoms with Crippen LogP contribution in [0, 0.1) is 0 Å². The molecular formula is C12H22O14S. The molecule has 0 unspecified atom stereocenters. The lowest BCUT2D eigenvalue weighted by atomic mass is 9.97.